The average molecular weight is 408 g/mol. The first-order valence-corrected chi connectivity index (χ1v) is 9.83. The van der Waals surface area contributed by atoms with Crippen LogP contribution in [0.2, 0.25) is 5.02 Å². The second-order valence-corrected chi connectivity index (χ2v) is 7.35. The van der Waals surface area contributed by atoms with E-state index in [-0.39, 0.29) is 46.0 Å². The molecule has 1 heterocycles. The molecule has 2 amide bonds. The largest absolute Gasteiger partial charge is 0.360 e. The lowest BCUT2D eigenvalue weighted by molar-refractivity contribution is -0.125. The maximum absolute atomic E-state index is 14.2. The average Bonchev–Trinajstić information content (AvgIpc) is 3.06. The number of carbonyl (C=O) groups is 2. The highest BCUT2D eigenvalue weighted by molar-refractivity contribution is 6.33. The van der Waals surface area contributed by atoms with E-state index in [1.807, 2.05) is 0 Å². The molecular formula is C20H23ClFN3O3. The first-order chi connectivity index (χ1) is 13.5. The summed E-state index contributed by atoms with van der Waals surface area (Å²) in [7, 11) is 0. The van der Waals surface area contributed by atoms with Crippen molar-refractivity contribution >= 4 is 23.4 Å². The fraction of sp³-hybridized carbons (Fsp3) is 0.450. The Hall–Kier alpha value is -2.41. The second kappa shape index (κ2) is 9.19. The molecule has 0 unspecified atom stereocenters. The summed E-state index contributed by atoms with van der Waals surface area (Å²) in [4.78, 5) is 24.7. The molecule has 8 heteroatoms. The molecule has 1 saturated carbocycles. The van der Waals surface area contributed by atoms with E-state index in [1.165, 1.54) is 24.6 Å². The summed E-state index contributed by atoms with van der Waals surface area (Å²) in [5.74, 6) is -0.679. The van der Waals surface area contributed by atoms with Crippen LogP contribution in [0.25, 0.3) is 11.3 Å². The number of nitrogens with zero attached hydrogens (tertiary/aromatic N) is 1. The van der Waals surface area contributed by atoms with E-state index in [9.17, 15) is 14.0 Å². The van der Waals surface area contributed by atoms with Gasteiger partial charge < -0.3 is 15.2 Å². The molecule has 1 fully saturated rings. The summed E-state index contributed by atoms with van der Waals surface area (Å²) in [6.45, 7) is 2.14. The van der Waals surface area contributed by atoms with Crippen molar-refractivity contribution in [2.75, 3.05) is 13.1 Å². The standard InChI is InChI=1S/C20H23ClFN3O3/c1-12-16(18(25-28-12)17-14(21)8-5-9-15(17)22)20(27)24-11-10-23-19(26)13-6-3-2-4-7-13/h5,8-9,13H,2-4,6-7,10-11H2,1H3,(H,23,26)(H,24,27). The van der Waals surface area contributed by atoms with Crippen LogP contribution in [0.1, 0.15) is 48.2 Å². The van der Waals surface area contributed by atoms with Crippen LogP contribution >= 0.6 is 11.6 Å². The van der Waals surface area contributed by atoms with E-state index in [2.05, 4.69) is 15.8 Å². The summed E-state index contributed by atoms with van der Waals surface area (Å²) >= 11 is 6.08. The van der Waals surface area contributed by atoms with Crippen molar-refractivity contribution in [2.45, 2.75) is 39.0 Å². The number of aryl methyl sites for hydroxylation is 1. The zero-order valence-corrected chi connectivity index (χ0v) is 16.4. The smallest absolute Gasteiger partial charge is 0.257 e. The molecular weight excluding hydrogens is 385 g/mol. The third kappa shape index (κ3) is 4.52. The molecule has 1 aromatic heterocycles. The van der Waals surface area contributed by atoms with Gasteiger partial charge in [0.25, 0.3) is 5.91 Å². The second-order valence-electron chi connectivity index (χ2n) is 6.94. The van der Waals surface area contributed by atoms with E-state index in [4.69, 9.17) is 16.1 Å². The fourth-order valence-electron chi connectivity index (χ4n) is 3.49. The van der Waals surface area contributed by atoms with Crippen LogP contribution in [0.3, 0.4) is 0 Å². The molecule has 0 atom stereocenters. The van der Waals surface area contributed by atoms with Gasteiger partial charge in [-0.25, -0.2) is 4.39 Å². The van der Waals surface area contributed by atoms with Gasteiger partial charge >= 0.3 is 0 Å². The van der Waals surface area contributed by atoms with Crippen molar-refractivity contribution in [3.05, 3.63) is 40.4 Å². The Morgan fingerprint density at radius 3 is 2.64 bits per heavy atom. The normalized spacial score (nSPS) is 14.7. The number of nitrogens with one attached hydrogen (secondary N) is 2. The third-order valence-electron chi connectivity index (χ3n) is 4.98. The molecule has 2 N–H and O–H groups in total. The van der Waals surface area contributed by atoms with Crippen LogP contribution in [0, 0.1) is 18.7 Å². The molecule has 150 valence electrons. The summed E-state index contributed by atoms with van der Waals surface area (Å²) in [6, 6.07) is 4.24. The number of amides is 2. The summed E-state index contributed by atoms with van der Waals surface area (Å²) in [5, 5.41) is 9.53. The molecule has 28 heavy (non-hydrogen) atoms. The predicted octanol–water partition coefficient (Wildman–Crippen LogP) is 3.87. The Morgan fingerprint density at radius 1 is 1.21 bits per heavy atom. The van der Waals surface area contributed by atoms with Gasteiger partial charge in [-0.15, -0.1) is 0 Å². The molecule has 0 radical (unpaired) electrons. The van der Waals surface area contributed by atoms with Crippen LogP contribution in [0.5, 0.6) is 0 Å². The minimum Gasteiger partial charge on any atom is -0.360 e. The van der Waals surface area contributed by atoms with Crippen LogP contribution in [0.4, 0.5) is 4.39 Å². The molecule has 2 aromatic rings. The number of carbonyl (C=O) groups excluding carboxylic acids is 2. The Morgan fingerprint density at radius 2 is 1.93 bits per heavy atom. The van der Waals surface area contributed by atoms with Gasteiger partial charge in [0.2, 0.25) is 5.91 Å². The van der Waals surface area contributed by atoms with E-state index < -0.39 is 11.7 Å². The van der Waals surface area contributed by atoms with E-state index in [1.54, 1.807) is 6.92 Å². The quantitative estimate of drug-likeness (QED) is 0.712. The predicted molar refractivity (Wildman–Crippen MR) is 104 cm³/mol. The van der Waals surface area contributed by atoms with Crippen molar-refractivity contribution in [1.29, 1.82) is 0 Å². The number of hydrogen-bond acceptors (Lipinski definition) is 4. The zero-order valence-electron chi connectivity index (χ0n) is 15.7. The Kier molecular flexibility index (Phi) is 6.67. The highest BCUT2D eigenvalue weighted by Gasteiger charge is 2.25. The van der Waals surface area contributed by atoms with Crippen LogP contribution in [-0.2, 0) is 4.79 Å². The SMILES string of the molecule is Cc1onc(-c2c(F)cccc2Cl)c1C(=O)NCCNC(=O)C1CCCCC1. The van der Waals surface area contributed by atoms with Gasteiger partial charge in [-0.05, 0) is 31.9 Å². The van der Waals surface area contributed by atoms with Gasteiger partial charge in [0.05, 0.1) is 10.6 Å². The minimum absolute atomic E-state index is 0.0248. The highest BCUT2D eigenvalue weighted by Crippen LogP contribution is 2.33. The maximum Gasteiger partial charge on any atom is 0.257 e. The third-order valence-corrected chi connectivity index (χ3v) is 5.29. The van der Waals surface area contributed by atoms with Crippen molar-refractivity contribution < 1.29 is 18.5 Å². The van der Waals surface area contributed by atoms with Gasteiger partial charge in [-0.1, -0.05) is 42.1 Å². The van der Waals surface area contributed by atoms with Gasteiger partial charge in [0.1, 0.15) is 22.8 Å². The van der Waals surface area contributed by atoms with Gasteiger partial charge in [0.15, 0.2) is 0 Å². The van der Waals surface area contributed by atoms with Crippen molar-refractivity contribution in [1.82, 2.24) is 15.8 Å². The first kappa shape index (κ1) is 20.3. The lowest BCUT2D eigenvalue weighted by Crippen LogP contribution is -2.38. The maximum atomic E-state index is 14.2. The van der Waals surface area contributed by atoms with Crippen LogP contribution in [-0.4, -0.2) is 30.1 Å². The van der Waals surface area contributed by atoms with Crippen molar-refractivity contribution in [3.63, 3.8) is 0 Å². The lowest BCUT2D eigenvalue weighted by atomic mass is 9.89. The van der Waals surface area contributed by atoms with Crippen LogP contribution in [0.15, 0.2) is 22.7 Å². The molecule has 3 rings (SSSR count). The van der Waals surface area contributed by atoms with Gasteiger partial charge in [-0.2, -0.15) is 0 Å². The number of halogens is 2. The van der Waals surface area contributed by atoms with Crippen LogP contribution < -0.4 is 10.6 Å². The molecule has 1 aliphatic rings. The zero-order chi connectivity index (χ0) is 20.1. The van der Waals surface area contributed by atoms with Gasteiger partial charge in [-0.3, -0.25) is 9.59 Å². The van der Waals surface area contributed by atoms with E-state index in [0.29, 0.717) is 6.54 Å². The van der Waals surface area contributed by atoms with E-state index in [0.717, 1.165) is 25.7 Å². The topological polar surface area (TPSA) is 84.2 Å². The summed E-state index contributed by atoms with van der Waals surface area (Å²) < 4.78 is 19.3. The molecule has 0 spiro atoms. The molecule has 0 saturated heterocycles. The Balaban J connectivity index is 1.61. The number of benzene rings is 1. The molecule has 0 aliphatic heterocycles. The Labute approximate surface area is 167 Å². The molecule has 1 aliphatic carbocycles. The number of hydrogen-bond donors (Lipinski definition) is 2. The minimum atomic E-state index is -0.588. The van der Waals surface area contributed by atoms with Crippen molar-refractivity contribution in [2.24, 2.45) is 5.92 Å². The molecule has 1 aromatic carbocycles. The molecule has 0 bridgehead atoms. The van der Waals surface area contributed by atoms with Gasteiger partial charge in [0, 0.05) is 19.0 Å². The van der Waals surface area contributed by atoms with Crippen molar-refractivity contribution in [3.8, 4) is 11.3 Å². The monoisotopic (exact) mass is 407 g/mol. The number of rotatable bonds is 6. The highest BCUT2D eigenvalue weighted by atomic mass is 35.5. The summed E-state index contributed by atoms with van der Waals surface area (Å²) in [5.41, 5.74) is 0.215. The first-order valence-electron chi connectivity index (χ1n) is 9.45. The summed E-state index contributed by atoms with van der Waals surface area (Å²) in [6.07, 6.45) is 5.20. The molecule has 6 nitrogen and oxygen atoms in total. The number of aromatic nitrogens is 1. The Bertz CT molecular complexity index is 842. The lowest BCUT2D eigenvalue weighted by Gasteiger charge is -2.20. The van der Waals surface area contributed by atoms with E-state index >= 15 is 0 Å². The fourth-order valence-corrected chi connectivity index (χ4v) is 3.75.